The van der Waals surface area contributed by atoms with Crippen LogP contribution in [0.2, 0.25) is 0 Å². The summed E-state index contributed by atoms with van der Waals surface area (Å²) in [5, 5.41) is 16.4. The average molecular weight is 393 g/mol. The van der Waals surface area contributed by atoms with Crippen molar-refractivity contribution in [3.05, 3.63) is 58.4 Å². The Kier molecular flexibility index (Phi) is 3.94. The summed E-state index contributed by atoms with van der Waals surface area (Å²) in [7, 11) is 0. The first-order valence-electron chi connectivity index (χ1n) is 9.51. The minimum Gasteiger partial charge on any atom is -0.471 e. The van der Waals surface area contributed by atoms with Gasteiger partial charge in [-0.1, -0.05) is 0 Å². The number of allylic oxidation sites excluding steroid dienone is 1. The van der Waals surface area contributed by atoms with Crippen LogP contribution in [-0.2, 0) is 11.4 Å². The molecule has 0 aromatic heterocycles. The highest BCUT2D eigenvalue weighted by Gasteiger charge is 2.49. The minimum absolute atomic E-state index is 0.0258. The Hall–Kier alpha value is -3.23. The second-order valence-corrected chi connectivity index (χ2v) is 7.44. The smallest absolute Gasteiger partial charge is 0.351 e. The summed E-state index contributed by atoms with van der Waals surface area (Å²) >= 11 is 0. The molecule has 1 atom stereocenters. The van der Waals surface area contributed by atoms with Crippen molar-refractivity contribution in [2.75, 3.05) is 22.3 Å². The number of aliphatic imine (C=N–C) groups is 1. The summed E-state index contributed by atoms with van der Waals surface area (Å²) in [5.74, 6) is 0.458. The van der Waals surface area contributed by atoms with Crippen LogP contribution >= 0.6 is 0 Å². The van der Waals surface area contributed by atoms with Gasteiger partial charge in [0.05, 0.1) is 18.0 Å². The van der Waals surface area contributed by atoms with Crippen LogP contribution in [0.3, 0.4) is 0 Å². The van der Waals surface area contributed by atoms with Gasteiger partial charge in [0.25, 0.3) is 0 Å². The molecule has 8 nitrogen and oxygen atoms in total. The van der Waals surface area contributed by atoms with Crippen LogP contribution in [-0.4, -0.2) is 24.0 Å². The number of hydroxylamine groups is 1. The lowest BCUT2D eigenvalue weighted by molar-refractivity contribution is -0.0214. The van der Waals surface area contributed by atoms with Gasteiger partial charge in [-0.15, -0.1) is 0 Å². The first kappa shape index (κ1) is 17.8. The predicted octanol–water partition coefficient (Wildman–Crippen LogP) is 2.94. The van der Waals surface area contributed by atoms with Gasteiger partial charge >= 0.3 is 5.97 Å². The predicted molar refractivity (Wildman–Crippen MR) is 112 cm³/mol. The molecule has 0 aliphatic carbocycles. The van der Waals surface area contributed by atoms with Crippen LogP contribution < -0.4 is 25.8 Å². The Morgan fingerprint density at radius 2 is 2.10 bits per heavy atom. The van der Waals surface area contributed by atoms with E-state index in [1.54, 1.807) is 6.21 Å². The molecule has 2 bridgehead atoms. The summed E-state index contributed by atoms with van der Waals surface area (Å²) < 4.78 is 5.54. The lowest BCUT2D eigenvalue weighted by Gasteiger charge is -2.36. The van der Waals surface area contributed by atoms with Crippen molar-refractivity contribution >= 4 is 23.3 Å². The summed E-state index contributed by atoms with van der Waals surface area (Å²) in [5.41, 5.74) is 9.64. The van der Waals surface area contributed by atoms with E-state index in [0.717, 1.165) is 50.9 Å². The fourth-order valence-corrected chi connectivity index (χ4v) is 3.84. The van der Waals surface area contributed by atoms with Crippen LogP contribution in [0.1, 0.15) is 23.6 Å². The molecule has 0 amide bonds. The number of hydrogen-bond donors (Lipinski definition) is 4. The number of anilines is 3. The van der Waals surface area contributed by atoms with E-state index in [0.29, 0.717) is 6.73 Å². The van der Waals surface area contributed by atoms with Gasteiger partial charge in [0.15, 0.2) is 6.73 Å². The number of nitrogens with one attached hydrogen (secondary N) is 3. The maximum atomic E-state index is 9.72. The van der Waals surface area contributed by atoms with E-state index >= 15 is 0 Å². The Morgan fingerprint density at radius 3 is 2.93 bits per heavy atom. The summed E-state index contributed by atoms with van der Waals surface area (Å²) in [4.78, 5) is 12.6. The normalized spacial score (nSPS) is 21.6. The van der Waals surface area contributed by atoms with Gasteiger partial charge in [0, 0.05) is 17.5 Å². The Balaban J connectivity index is 1.57. The molecule has 1 unspecified atom stereocenters. The van der Waals surface area contributed by atoms with E-state index in [1.807, 2.05) is 56.0 Å². The van der Waals surface area contributed by atoms with Crippen LogP contribution in [0.15, 0.2) is 46.7 Å². The molecule has 5 rings (SSSR count). The number of ether oxygens (including phenoxy) is 1. The molecule has 150 valence electrons. The van der Waals surface area contributed by atoms with E-state index in [2.05, 4.69) is 21.1 Å². The van der Waals surface area contributed by atoms with Crippen LogP contribution in [0.4, 0.5) is 17.1 Å². The van der Waals surface area contributed by atoms with Crippen molar-refractivity contribution < 1.29 is 14.7 Å². The number of aliphatic hydroxyl groups excluding tert-OH is 1. The zero-order chi connectivity index (χ0) is 20.2. The number of aliphatic hydroxyl groups is 1. The molecular weight excluding hydrogens is 370 g/mol. The summed E-state index contributed by atoms with van der Waals surface area (Å²) in [6.45, 7) is 6.44. The Morgan fingerprint density at radius 1 is 1.24 bits per heavy atom. The van der Waals surface area contributed by atoms with Crippen molar-refractivity contribution in [1.29, 1.82) is 0 Å². The van der Waals surface area contributed by atoms with Gasteiger partial charge in [-0.2, -0.15) is 0 Å². The molecule has 0 spiro atoms. The first-order chi connectivity index (χ1) is 14.0. The lowest BCUT2D eigenvalue weighted by Crippen LogP contribution is -2.51. The van der Waals surface area contributed by atoms with Gasteiger partial charge in [0.1, 0.15) is 11.6 Å². The molecule has 8 heteroatoms. The second kappa shape index (κ2) is 6.40. The molecule has 1 fully saturated rings. The number of hydrogen-bond acceptors (Lipinski definition) is 8. The van der Waals surface area contributed by atoms with E-state index in [4.69, 9.17) is 9.57 Å². The summed E-state index contributed by atoms with van der Waals surface area (Å²) in [6, 6.07) is 9.89. The molecule has 2 aromatic carbocycles. The van der Waals surface area contributed by atoms with Crippen molar-refractivity contribution in [2.45, 2.75) is 33.4 Å². The van der Waals surface area contributed by atoms with Crippen molar-refractivity contribution in [1.82, 2.24) is 5.48 Å². The second-order valence-electron chi connectivity index (χ2n) is 7.44. The first-order valence-corrected chi connectivity index (χ1v) is 9.51. The van der Waals surface area contributed by atoms with Gasteiger partial charge in [-0.3, -0.25) is 4.90 Å². The Labute approximate surface area is 168 Å². The van der Waals surface area contributed by atoms with Crippen LogP contribution in [0.25, 0.3) is 0 Å². The molecule has 3 aliphatic rings. The number of fused-ring (bicyclic) bond motifs is 3. The molecule has 3 heterocycles. The zero-order valence-corrected chi connectivity index (χ0v) is 16.5. The monoisotopic (exact) mass is 393 g/mol. The van der Waals surface area contributed by atoms with E-state index < -0.39 is 5.97 Å². The highest BCUT2D eigenvalue weighted by molar-refractivity contribution is 5.85. The van der Waals surface area contributed by atoms with Gasteiger partial charge in [0.2, 0.25) is 0 Å². The number of benzene rings is 2. The highest BCUT2D eigenvalue weighted by Crippen LogP contribution is 2.42. The average Bonchev–Trinajstić information content (AvgIpc) is 3.29. The van der Waals surface area contributed by atoms with Gasteiger partial charge < -0.3 is 20.5 Å². The fourth-order valence-electron chi connectivity index (χ4n) is 3.84. The zero-order valence-electron chi connectivity index (χ0n) is 16.5. The lowest BCUT2D eigenvalue weighted by atomic mass is 10.0. The molecule has 3 aliphatic heterocycles. The summed E-state index contributed by atoms with van der Waals surface area (Å²) in [6.07, 6.45) is 1.79. The van der Waals surface area contributed by atoms with Crippen LogP contribution in [0, 0.1) is 13.8 Å². The topological polar surface area (TPSA) is 90.4 Å². The highest BCUT2D eigenvalue weighted by atomic mass is 16.7. The third-order valence-corrected chi connectivity index (χ3v) is 5.59. The molecule has 2 aromatic rings. The quantitative estimate of drug-likeness (QED) is 0.635. The molecule has 4 N–H and O–H groups in total. The van der Waals surface area contributed by atoms with Gasteiger partial charge in [-0.25, -0.2) is 15.3 Å². The maximum absolute atomic E-state index is 9.72. The molecule has 0 saturated carbocycles. The molecule has 0 radical (unpaired) electrons. The van der Waals surface area contributed by atoms with Crippen molar-refractivity contribution in [3.63, 3.8) is 0 Å². The fraction of sp³-hybridized carbons (Fsp3) is 0.286. The van der Waals surface area contributed by atoms with Crippen molar-refractivity contribution in [2.24, 2.45) is 4.99 Å². The van der Waals surface area contributed by atoms with E-state index in [1.165, 1.54) is 0 Å². The number of nitrogens with zero attached hydrogens (tertiary/aromatic N) is 2. The van der Waals surface area contributed by atoms with E-state index in [9.17, 15) is 5.11 Å². The van der Waals surface area contributed by atoms with Gasteiger partial charge in [-0.05, 0) is 67.8 Å². The standard InChI is InChI=1S/C21H23N5O3/c1-12-6-16(7-15(10-27)14(12)3)24-21-23-9-13(2)20(25-29-21)26(21)17-4-5-19-18(8-17)22-11-28-19/h4-9,22,24-25,27H,10-11H2,1-3H3. The third-order valence-electron chi connectivity index (χ3n) is 5.59. The largest absolute Gasteiger partial charge is 0.471 e. The van der Waals surface area contributed by atoms with Crippen molar-refractivity contribution in [3.8, 4) is 5.75 Å². The SMILES string of the molecule is CC1=C2NOC(Nc3cc(C)c(C)c(CO)c3)(N=C1)N2c1ccc2c(c1)NCO2. The minimum atomic E-state index is -1.18. The van der Waals surface area contributed by atoms with Crippen LogP contribution in [0.5, 0.6) is 5.75 Å². The molecular formula is C21H23N5O3. The third kappa shape index (κ3) is 2.72. The molecule has 29 heavy (non-hydrogen) atoms. The molecule has 1 saturated heterocycles. The van der Waals surface area contributed by atoms with E-state index in [-0.39, 0.29) is 6.61 Å². The Bertz CT molecular complexity index is 1060. The maximum Gasteiger partial charge on any atom is 0.351 e. The number of rotatable bonds is 4. The number of aryl methyl sites for hydroxylation is 1.